The maximum Gasteiger partial charge on any atom is 0.270 e. The lowest BCUT2D eigenvalue weighted by Crippen LogP contribution is -2.48. The number of anilines is 1. The molecule has 1 aromatic carbocycles. The Morgan fingerprint density at radius 2 is 1.80 bits per heavy atom. The molecular weight excluding hydrogens is 396 g/mol. The fourth-order valence-electron chi connectivity index (χ4n) is 4.41. The van der Waals surface area contributed by atoms with Crippen molar-refractivity contribution >= 4 is 33.1 Å². The number of hydrogen-bond acceptors (Lipinski definition) is 5. The molecule has 0 radical (unpaired) electrons. The van der Waals surface area contributed by atoms with Gasteiger partial charge < -0.3 is 19.5 Å². The minimum absolute atomic E-state index is 0.112. The zero-order chi connectivity index (χ0) is 20.5. The van der Waals surface area contributed by atoms with Gasteiger partial charge >= 0.3 is 0 Å². The first-order chi connectivity index (χ1) is 14.7. The number of nitrogens with one attached hydrogen (secondary N) is 1. The van der Waals surface area contributed by atoms with Crippen LogP contribution in [0.4, 0.5) is 5.69 Å². The van der Waals surface area contributed by atoms with Crippen LogP contribution >= 0.6 is 11.3 Å². The highest BCUT2D eigenvalue weighted by atomic mass is 32.1. The van der Waals surface area contributed by atoms with Crippen molar-refractivity contribution in [2.24, 2.45) is 0 Å². The van der Waals surface area contributed by atoms with Gasteiger partial charge in [0.05, 0.1) is 23.4 Å². The van der Waals surface area contributed by atoms with Gasteiger partial charge in [-0.1, -0.05) is 18.2 Å². The van der Waals surface area contributed by atoms with Gasteiger partial charge in [0.25, 0.3) is 5.91 Å². The number of piperazine rings is 1. The monoisotopic (exact) mass is 424 g/mol. The summed E-state index contributed by atoms with van der Waals surface area (Å²) in [4.78, 5) is 24.7. The van der Waals surface area contributed by atoms with E-state index in [0.717, 1.165) is 64.5 Å². The Kier molecular flexibility index (Phi) is 5.50. The van der Waals surface area contributed by atoms with Gasteiger partial charge in [-0.15, -0.1) is 11.3 Å². The van der Waals surface area contributed by atoms with Gasteiger partial charge in [-0.25, -0.2) is 0 Å². The lowest BCUT2D eigenvalue weighted by molar-refractivity contribution is 0.0343. The fourth-order valence-corrected chi connectivity index (χ4v) is 5.48. The number of nitrogens with zero attached hydrogens (tertiary/aromatic N) is 3. The molecule has 0 bridgehead atoms. The van der Waals surface area contributed by atoms with Crippen molar-refractivity contribution in [2.45, 2.75) is 13.5 Å². The molecule has 5 rings (SSSR count). The van der Waals surface area contributed by atoms with E-state index < -0.39 is 0 Å². The van der Waals surface area contributed by atoms with Crippen LogP contribution < -0.4 is 4.90 Å². The minimum Gasteiger partial charge on any atom is -0.379 e. The predicted octanol–water partition coefficient (Wildman–Crippen LogP) is 3.33. The quantitative estimate of drug-likeness (QED) is 0.698. The summed E-state index contributed by atoms with van der Waals surface area (Å²) < 4.78 is 6.66. The number of carbonyl (C=O) groups excluding carboxylic acids is 1. The van der Waals surface area contributed by atoms with Crippen LogP contribution in [0, 0.1) is 6.92 Å². The third-order valence-corrected chi connectivity index (χ3v) is 7.27. The van der Waals surface area contributed by atoms with Crippen LogP contribution in [0.1, 0.15) is 20.9 Å². The highest BCUT2D eigenvalue weighted by Gasteiger charge is 2.25. The Morgan fingerprint density at radius 1 is 1.07 bits per heavy atom. The van der Waals surface area contributed by atoms with E-state index in [2.05, 4.69) is 46.0 Å². The molecule has 0 saturated carbocycles. The first-order valence-electron chi connectivity index (χ1n) is 10.7. The Hall–Kier alpha value is -2.35. The van der Waals surface area contributed by atoms with Crippen molar-refractivity contribution in [1.82, 2.24) is 14.8 Å². The molecule has 158 valence electrons. The standard InChI is InChI=1S/C23H28N4O2S/c1-17-19(16-25-11-13-29-14-12-25)22-21(30-17)15-20(24-22)23(28)27-9-7-26(8-10-27)18-5-3-2-4-6-18/h2-6,15,24H,7-14,16H2,1H3. The number of carbonyl (C=O) groups is 1. The second kappa shape index (κ2) is 8.41. The molecule has 30 heavy (non-hydrogen) atoms. The summed E-state index contributed by atoms with van der Waals surface area (Å²) in [5.74, 6) is 0.112. The Bertz CT molecular complexity index is 1010. The normalized spacial score (nSPS) is 18.3. The molecule has 2 aliphatic heterocycles. The van der Waals surface area contributed by atoms with E-state index >= 15 is 0 Å². The average Bonchev–Trinajstić information content (AvgIpc) is 3.33. The van der Waals surface area contributed by atoms with E-state index in [1.165, 1.54) is 20.8 Å². The van der Waals surface area contributed by atoms with Crippen molar-refractivity contribution in [3.63, 3.8) is 0 Å². The lowest BCUT2D eigenvalue weighted by Gasteiger charge is -2.36. The fraction of sp³-hybridized carbons (Fsp3) is 0.435. The SMILES string of the molecule is Cc1sc2cc(C(=O)N3CCN(c4ccccc4)CC3)[nH]c2c1CN1CCOCC1. The summed E-state index contributed by atoms with van der Waals surface area (Å²) in [5.41, 5.74) is 4.40. The third kappa shape index (κ3) is 3.85. The summed E-state index contributed by atoms with van der Waals surface area (Å²) >= 11 is 1.78. The molecule has 0 spiro atoms. The maximum atomic E-state index is 13.2. The van der Waals surface area contributed by atoms with Crippen molar-refractivity contribution in [1.29, 1.82) is 0 Å². The summed E-state index contributed by atoms with van der Waals surface area (Å²) in [6.45, 7) is 9.87. The Labute approximate surface area is 181 Å². The highest BCUT2D eigenvalue weighted by molar-refractivity contribution is 7.19. The van der Waals surface area contributed by atoms with Crippen molar-refractivity contribution in [3.05, 3.63) is 52.5 Å². The molecule has 0 unspecified atom stereocenters. The summed E-state index contributed by atoms with van der Waals surface area (Å²) in [5, 5.41) is 0. The molecule has 2 fully saturated rings. The van der Waals surface area contributed by atoms with E-state index in [1.807, 2.05) is 17.0 Å². The zero-order valence-corrected chi connectivity index (χ0v) is 18.2. The third-order valence-electron chi connectivity index (χ3n) is 6.18. The van der Waals surface area contributed by atoms with Gasteiger partial charge in [0.1, 0.15) is 5.69 Å². The number of aromatic amines is 1. The van der Waals surface area contributed by atoms with Gasteiger partial charge in [0, 0.05) is 61.9 Å². The van der Waals surface area contributed by atoms with Crippen molar-refractivity contribution in [2.75, 3.05) is 57.4 Å². The Morgan fingerprint density at radius 3 is 2.53 bits per heavy atom. The van der Waals surface area contributed by atoms with Crippen LogP contribution in [0.5, 0.6) is 0 Å². The van der Waals surface area contributed by atoms with E-state index in [9.17, 15) is 4.79 Å². The number of aromatic nitrogens is 1. The maximum absolute atomic E-state index is 13.2. The molecule has 4 heterocycles. The highest BCUT2D eigenvalue weighted by Crippen LogP contribution is 2.32. The average molecular weight is 425 g/mol. The number of aryl methyl sites for hydroxylation is 1. The molecule has 6 nitrogen and oxygen atoms in total. The summed E-state index contributed by atoms with van der Waals surface area (Å²) in [6.07, 6.45) is 0. The van der Waals surface area contributed by atoms with Gasteiger partial charge in [-0.2, -0.15) is 0 Å². The second-order valence-electron chi connectivity index (χ2n) is 8.06. The van der Waals surface area contributed by atoms with E-state index in [-0.39, 0.29) is 5.91 Å². The number of para-hydroxylation sites is 1. The molecule has 1 N–H and O–H groups in total. The summed E-state index contributed by atoms with van der Waals surface area (Å²) in [6, 6.07) is 12.5. The van der Waals surface area contributed by atoms with E-state index in [4.69, 9.17) is 4.74 Å². The second-order valence-corrected chi connectivity index (χ2v) is 9.32. The number of fused-ring (bicyclic) bond motifs is 1. The first kappa shape index (κ1) is 19.6. The van der Waals surface area contributed by atoms with Gasteiger partial charge in [-0.3, -0.25) is 9.69 Å². The number of thiophene rings is 1. The van der Waals surface area contributed by atoms with E-state index in [0.29, 0.717) is 5.69 Å². The van der Waals surface area contributed by atoms with Crippen LogP contribution in [0.15, 0.2) is 36.4 Å². The minimum atomic E-state index is 0.112. The number of benzene rings is 1. The van der Waals surface area contributed by atoms with Gasteiger partial charge in [0.15, 0.2) is 0 Å². The van der Waals surface area contributed by atoms with Gasteiger partial charge in [-0.05, 0) is 25.1 Å². The Balaban J connectivity index is 1.28. The predicted molar refractivity (Wildman–Crippen MR) is 122 cm³/mol. The van der Waals surface area contributed by atoms with E-state index in [1.54, 1.807) is 11.3 Å². The molecule has 3 aromatic rings. The first-order valence-corrected chi connectivity index (χ1v) is 11.5. The molecule has 2 aliphatic rings. The van der Waals surface area contributed by atoms with Crippen LogP contribution in [-0.2, 0) is 11.3 Å². The molecule has 0 aliphatic carbocycles. The molecule has 2 saturated heterocycles. The number of hydrogen-bond donors (Lipinski definition) is 1. The van der Waals surface area contributed by atoms with Gasteiger partial charge in [0.2, 0.25) is 0 Å². The van der Waals surface area contributed by atoms with Crippen LogP contribution in [0.25, 0.3) is 10.2 Å². The topological polar surface area (TPSA) is 51.8 Å². The largest absolute Gasteiger partial charge is 0.379 e. The number of amides is 1. The summed E-state index contributed by atoms with van der Waals surface area (Å²) in [7, 11) is 0. The van der Waals surface area contributed by atoms with Crippen LogP contribution in [0.3, 0.4) is 0 Å². The molecule has 7 heteroatoms. The lowest BCUT2D eigenvalue weighted by atomic mass is 10.2. The molecule has 1 amide bonds. The molecular formula is C23H28N4O2S. The van der Waals surface area contributed by atoms with Crippen molar-refractivity contribution < 1.29 is 9.53 Å². The van der Waals surface area contributed by atoms with Crippen LogP contribution in [0.2, 0.25) is 0 Å². The number of ether oxygens (including phenoxy) is 1. The van der Waals surface area contributed by atoms with Crippen LogP contribution in [-0.4, -0.2) is 73.2 Å². The number of morpholine rings is 1. The molecule has 2 aromatic heterocycles. The zero-order valence-electron chi connectivity index (χ0n) is 17.4. The smallest absolute Gasteiger partial charge is 0.270 e. The number of H-pyrrole nitrogens is 1. The molecule has 0 atom stereocenters. The number of rotatable bonds is 4. The van der Waals surface area contributed by atoms with Crippen molar-refractivity contribution in [3.8, 4) is 0 Å².